The SMILES string of the molecule is CN1CCN(C(=O)c2cnc(-c3cccnc3)nc2)C(c2ccccc2)C1. The van der Waals surface area contributed by atoms with E-state index in [1.807, 2.05) is 35.2 Å². The maximum atomic E-state index is 13.2. The zero-order valence-corrected chi connectivity index (χ0v) is 15.2. The number of amides is 1. The number of likely N-dealkylation sites (N-methyl/N-ethyl adjacent to an activating group) is 1. The molecular formula is C21H21N5O. The monoisotopic (exact) mass is 359 g/mol. The Hall–Kier alpha value is -3.12. The smallest absolute Gasteiger partial charge is 0.257 e. The first-order valence-corrected chi connectivity index (χ1v) is 8.99. The summed E-state index contributed by atoms with van der Waals surface area (Å²) in [4.78, 5) is 30.2. The van der Waals surface area contributed by atoms with E-state index < -0.39 is 0 Å². The second-order valence-corrected chi connectivity index (χ2v) is 6.72. The third kappa shape index (κ3) is 3.71. The summed E-state index contributed by atoms with van der Waals surface area (Å²) in [7, 11) is 2.09. The van der Waals surface area contributed by atoms with Crippen molar-refractivity contribution in [1.82, 2.24) is 24.8 Å². The van der Waals surface area contributed by atoms with Gasteiger partial charge in [0.05, 0.1) is 11.6 Å². The van der Waals surface area contributed by atoms with Gasteiger partial charge in [-0.05, 0) is 24.7 Å². The number of carbonyl (C=O) groups is 1. The van der Waals surface area contributed by atoms with E-state index in [4.69, 9.17) is 0 Å². The van der Waals surface area contributed by atoms with Crippen molar-refractivity contribution in [1.29, 1.82) is 0 Å². The van der Waals surface area contributed by atoms with Gasteiger partial charge >= 0.3 is 0 Å². The minimum absolute atomic E-state index is 0.0236. The molecule has 1 atom stereocenters. The molecule has 6 heteroatoms. The van der Waals surface area contributed by atoms with Gasteiger partial charge in [0, 0.05) is 50.0 Å². The molecule has 0 spiro atoms. The van der Waals surface area contributed by atoms with Crippen LogP contribution < -0.4 is 0 Å². The normalized spacial score (nSPS) is 17.7. The van der Waals surface area contributed by atoms with Crippen LogP contribution in [0.15, 0.2) is 67.3 Å². The van der Waals surface area contributed by atoms with Gasteiger partial charge in [-0.3, -0.25) is 9.78 Å². The van der Waals surface area contributed by atoms with Gasteiger partial charge in [-0.25, -0.2) is 9.97 Å². The number of carbonyl (C=O) groups excluding carboxylic acids is 1. The van der Waals surface area contributed by atoms with Crippen LogP contribution in [0.2, 0.25) is 0 Å². The fourth-order valence-corrected chi connectivity index (χ4v) is 3.37. The number of pyridine rings is 1. The lowest BCUT2D eigenvalue weighted by molar-refractivity contribution is 0.0497. The average Bonchev–Trinajstić information content (AvgIpc) is 2.74. The highest BCUT2D eigenvalue weighted by molar-refractivity contribution is 5.94. The Kier molecular flexibility index (Phi) is 4.89. The van der Waals surface area contributed by atoms with E-state index in [1.54, 1.807) is 24.8 Å². The van der Waals surface area contributed by atoms with Crippen LogP contribution in [0, 0.1) is 0 Å². The summed E-state index contributed by atoms with van der Waals surface area (Å²) in [6, 6.07) is 13.9. The molecule has 6 nitrogen and oxygen atoms in total. The van der Waals surface area contributed by atoms with Crippen molar-refractivity contribution >= 4 is 5.91 Å². The molecule has 1 aromatic carbocycles. The van der Waals surface area contributed by atoms with Crippen LogP contribution in [-0.4, -0.2) is 57.3 Å². The van der Waals surface area contributed by atoms with E-state index in [-0.39, 0.29) is 11.9 Å². The molecule has 0 radical (unpaired) electrons. The first kappa shape index (κ1) is 17.3. The highest BCUT2D eigenvalue weighted by atomic mass is 16.2. The van der Waals surface area contributed by atoms with Crippen molar-refractivity contribution in [3.05, 3.63) is 78.4 Å². The van der Waals surface area contributed by atoms with Crippen LogP contribution in [0.3, 0.4) is 0 Å². The Bertz CT molecular complexity index is 899. The molecule has 27 heavy (non-hydrogen) atoms. The molecule has 1 aliphatic rings. The summed E-state index contributed by atoms with van der Waals surface area (Å²) in [5.41, 5.74) is 2.48. The Morgan fingerprint density at radius 2 is 1.78 bits per heavy atom. The Labute approximate surface area is 158 Å². The molecule has 4 rings (SSSR count). The number of aromatic nitrogens is 3. The number of hydrogen-bond acceptors (Lipinski definition) is 5. The average molecular weight is 359 g/mol. The molecule has 1 amide bonds. The van der Waals surface area contributed by atoms with E-state index in [1.165, 1.54) is 0 Å². The van der Waals surface area contributed by atoms with Crippen molar-refractivity contribution < 1.29 is 4.79 Å². The van der Waals surface area contributed by atoms with Gasteiger partial charge in [0.2, 0.25) is 0 Å². The molecule has 0 N–H and O–H groups in total. The van der Waals surface area contributed by atoms with E-state index >= 15 is 0 Å². The lowest BCUT2D eigenvalue weighted by Gasteiger charge is -2.40. The maximum Gasteiger partial charge on any atom is 0.257 e. The Morgan fingerprint density at radius 3 is 2.48 bits per heavy atom. The minimum Gasteiger partial charge on any atom is -0.329 e. The van der Waals surface area contributed by atoms with Crippen molar-refractivity contribution in [2.45, 2.75) is 6.04 Å². The molecule has 136 valence electrons. The molecule has 3 heterocycles. The first-order valence-electron chi connectivity index (χ1n) is 8.99. The van der Waals surface area contributed by atoms with Crippen LogP contribution in [0.25, 0.3) is 11.4 Å². The number of nitrogens with zero attached hydrogens (tertiary/aromatic N) is 5. The summed E-state index contributed by atoms with van der Waals surface area (Å²) < 4.78 is 0. The van der Waals surface area contributed by atoms with Crippen LogP contribution in [0.4, 0.5) is 0 Å². The quantitative estimate of drug-likeness (QED) is 0.719. The van der Waals surface area contributed by atoms with Crippen LogP contribution in [0.1, 0.15) is 22.0 Å². The third-order valence-electron chi connectivity index (χ3n) is 4.85. The largest absolute Gasteiger partial charge is 0.329 e. The lowest BCUT2D eigenvalue weighted by Crippen LogP contribution is -2.49. The number of benzene rings is 1. The molecule has 0 aliphatic carbocycles. The summed E-state index contributed by atoms with van der Waals surface area (Å²) in [6.45, 7) is 2.34. The maximum absolute atomic E-state index is 13.2. The topological polar surface area (TPSA) is 62.2 Å². The first-order chi connectivity index (χ1) is 13.2. The van der Waals surface area contributed by atoms with Crippen LogP contribution in [-0.2, 0) is 0 Å². The second-order valence-electron chi connectivity index (χ2n) is 6.72. The van der Waals surface area contributed by atoms with Gasteiger partial charge in [-0.1, -0.05) is 30.3 Å². The van der Waals surface area contributed by atoms with Crippen molar-refractivity contribution in [3.63, 3.8) is 0 Å². The highest BCUT2D eigenvalue weighted by Crippen LogP contribution is 2.26. The molecular weight excluding hydrogens is 338 g/mol. The predicted molar refractivity (Wildman–Crippen MR) is 103 cm³/mol. The molecule has 0 saturated carbocycles. The van der Waals surface area contributed by atoms with E-state index in [2.05, 4.69) is 39.0 Å². The summed E-state index contributed by atoms with van der Waals surface area (Å²) in [6.07, 6.45) is 6.64. The molecule has 2 aromatic heterocycles. The minimum atomic E-state index is -0.0327. The summed E-state index contributed by atoms with van der Waals surface area (Å²) >= 11 is 0. The fourth-order valence-electron chi connectivity index (χ4n) is 3.37. The molecule has 3 aromatic rings. The lowest BCUT2D eigenvalue weighted by atomic mass is 10.0. The van der Waals surface area contributed by atoms with E-state index in [0.717, 1.165) is 24.2 Å². The van der Waals surface area contributed by atoms with E-state index in [0.29, 0.717) is 17.9 Å². The number of hydrogen-bond donors (Lipinski definition) is 0. The number of rotatable bonds is 3. The van der Waals surface area contributed by atoms with Gasteiger partial charge in [0.25, 0.3) is 5.91 Å². The molecule has 1 saturated heterocycles. The zero-order valence-electron chi connectivity index (χ0n) is 15.2. The standard InChI is InChI=1S/C21H21N5O/c1-25-10-11-26(19(15-25)16-6-3-2-4-7-16)21(27)18-13-23-20(24-14-18)17-8-5-9-22-12-17/h2-9,12-14,19H,10-11,15H2,1H3. The van der Waals surface area contributed by atoms with Crippen molar-refractivity contribution in [3.8, 4) is 11.4 Å². The summed E-state index contributed by atoms with van der Waals surface area (Å²) in [5, 5.41) is 0. The van der Waals surface area contributed by atoms with Gasteiger partial charge < -0.3 is 9.80 Å². The van der Waals surface area contributed by atoms with Crippen molar-refractivity contribution in [2.24, 2.45) is 0 Å². The Balaban J connectivity index is 1.59. The van der Waals surface area contributed by atoms with Gasteiger partial charge in [0.15, 0.2) is 5.82 Å². The van der Waals surface area contributed by atoms with Crippen LogP contribution >= 0.6 is 0 Å². The van der Waals surface area contributed by atoms with Gasteiger partial charge in [-0.2, -0.15) is 0 Å². The highest BCUT2D eigenvalue weighted by Gasteiger charge is 2.31. The second kappa shape index (κ2) is 7.63. The predicted octanol–water partition coefficient (Wildman–Crippen LogP) is 2.67. The van der Waals surface area contributed by atoms with Crippen LogP contribution in [0.5, 0.6) is 0 Å². The van der Waals surface area contributed by atoms with Crippen molar-refractivity contribution in [2.75, 3.05) is 26.7 Å². The fraction of sp³-hybridized carbons (Fsp3) is 0.238. The Morgan fingerprint density at radius 1 is 1.00 bits per heavy atom. The molecule has 0 bridgehead atoms. The third-order valence-corrected chi connectivity index (χ3v) is 4.85. The molecule has 1 aliphatic heterocycles. The van der Waals surface area contributed by atoms with E-state index in [9.17, 15) is 4.79 Å². The molecule has 1 unspecified atom stereocenters. The number of piperazine rings is 1. The van der Waals surface area contributed by atoms with Gasteiger partial charge in [0.1, 0.15) is 0 Å². The zero-order chi connectivity index (χ0) is 18.6. The van der Waals surface area contributed by atoms with Gasteiger partial charge in [-0.15, -0.1) is 0 Å². The molecule has 1 fully saturated rings. The summed E-state index contributed by atoms with van der Waals surface area (Å²) in [5.74, 6) is 0.535.